The highest BCUT2D eigenvalue weighted by atomic mass is 35.5. The van der Waals surface area contributed by atoms with Gasteiger partial charge in [-0.25, -0.2) is 0 Å². The van der Waals surface area contributed by atoms with Crippen molar-refractivity contribution in [3.8, 4) is 17.2 Å². The average Bonchev–Trinajstić information content (AvgIpc) is 3.08. The third-order valence-electron chi connectivity index (χ3n) is 3.76. The summed E-state index contributed by atoms with van der Waals surface area (Å²) in [5.74, 6) is 1.15. The maximum atomic E-state index is 12.1. The minimum absolute atomic E-state index is 0.0656. The molecule has 0 bridgehead atoms. The van der Waals surface area contributed by atoms with Crippen LogP contribution >= 0.6 is 11.6 Å². The summed E-state index contributed by atoms with van der Waals surface area (Å²) >= 11 is 5.93. The Labute approximate surface area is 153 Å². The van der Waals surface area contributed by atoms with E-state index in [1.165, 1.54) is 18.2 Å². The minimum Gasteiger partial charge on any atom is -0.482 e. The summed E-state index contributed by atoms with van der Waals surface area (Å²) < 4.78 is 15.9. The first-order chi connectivity index (χ1) is 12.4. The number of non-ortho nitro benzene ring substituents is 1. The van der Waals surface area contributed by atoms with Crippen LogP contribution in [0.5, 0.6) is 17.2 Å². The number of nitro benzene ring substituents is 1. The highest BCUT2D eigenvalue weighted by Crippen LogP contribution is 2.34. The third kappa shape index (κ3) is 3.97. The van der Waals surface area contributed by atoms with Gasteiger partial charge >= 0.3 is 0 Å². The zero-order chi connectivity index (χ0) is 18.7. The summed E-state index contributed by atoms with van der Waals surface area (Å²) in [4.78, 5) is 22.2. The maximum Gasteiger partial charge on any atom is 0.271 e. The molecule has 1 aliphatic rings. The molecule has 0 fully saturated rings. The summed E-state index contributed by atoms with van der Waals surface area (Å²) in [5.41, 5.74) is 0.708. The van der Waals surface area contributed by atoms with Gasteiger partial charge in [-0.1, -0.05) is 17.7 Å². The Morgan fingerprint density at radius 2 is 2.08 bits per heavy atom. The van der Waals surface area contributed by atoms with Crippen molar-refractivity contribution in [2.24, 2.45) is 0 Å². The fourth-order valence-corrected chi connectivity index (χ4v) is 2.64. The Bertz CT molecular complexity index is 857. The summed E-state index contributed by atoms with van der Waals surface area (Å²) in [5, 5.41) is 13.5. The van der Waals surface area contributed by atoms with Gasteiger partial charge in [0, 0.05) is 12.1 Å². The monoisotopic (exact) mass is 378 g/mol. The molecule has 1 atom stereocenters. The van der Waals surface area contributed by atoms with Crippen LogP contribution in [0.3, 0.4) is 0 Å². The van der Waals surface area contributed by atoms with Crippen molar-refractivity contribution in [2.45, 2.75) is 13.0 Å². The van der Waals surface area contributed by atoms with E-state index in [9.17, 15) is 14.9 Å². The molecule has 2 aromatic rings. The molecule has 0 spiro atoms. The van der Waals surface area contributed by atoms with Gasteiger partial charge in [-0.2, -0.15) is 0 Å². The summed E-state index contributed by atoms with van der Waals surface area (Å²) in [7, 11) is 0. The van der Waals surface area contributed by atoms with Crippen LogP contribution in [0.1, 0.15) is 18.5 Å². The van der Waals surface area contributed by atoms with Crippen molar-refractivity contribution in [3.05, 3.63) is 57.1 Å². The predicted molar refractivity (Wildman–Crippen MR) is 92.7 cm³/mol. The molecule has 1 aliphatic heterocycles. The molecule has 1 heterocycles. The average molecular weight is 379 g/mol. The van der Waals surface area contributed by atoms with Gasteiger partial charge in [0.1, 0.15) is 5.75 Å². The SMILES string of the molecule is CC(NC(=O)COc1ccc([N+](=O)[O-])cc1Cl)c1ccc2c(c1)OCO2. The van der Waals surface area contributed by atoms with Crippen molar-refractivity contribution in [3.63, 3.8) is 0 Å². The lowest BCUT2D eigenvalue weighted by Gasteiger charge is -2.15. The molecule has 2 aromatic carbocycles. The first-order valence-corrected chi connectivity index (χ1v) is 8.07. The van der Waals surface area contributed by atoms with E-state index in [1.54, 1.807) is 12.1 Å². The molecule has 9 heteroatoms. The van der Waals surface area contributed by atoms with Crippen LogP contribution in [-0.2, 0) is 4.79 Å². The predicted octanol–water partition coefficient (Wildman–Crippen LogP) is 3.23. The van der Waals surface area contributed by atoms with Crippen LogP contribution in [-0.4, -0.2) is 24.2 Å². The largest absolute Gasteiger partial charge is 0.482 e. The summed E-state index contributed by atoms with van der Waals surface area (Å²) in [6.45, 7) is 1.74. The molecule has 3 rings (SSSR count). The van der Waals surface area contributed by atoms with Gasteiger partial charge < -0.3 is 19.5 Å². The molecular formula is C17H15ClN2O6. The second kappa shape index (κ2) is 7.49. The van der Waals surface area contributed by atoms with Crippen molar-refractivity contribution in [2.75, 3.05) is 13.4 Å². The first kappa shape index (κ1) is 17.8. The summed E-state index contributed by atoms with van der Waals surface area (Å²) in [6, 6.07) is 8.95. The molecule has 0 saturated carbocycles. The highest BCUT2D eigenvalue weighted by Gasteiger charge is 2.17. The lowest BCUT2D eigenvalue weighted by molar-refractivity contribution is -0.384. The quantitative estimate of drug-likeness (QED) is 0.611. The number of halogens is 1. The molecule has 26 heavy (non-hydrogen) atoms. The van der Waals surface area contributed by atoms with E-state index >= 15 is 0 Å². The fraction of sp³-hybridized carbons (Fsp3) is 0.235. The molecule has 1 N–H and O–H groups in total. The van der Waals surface area contributed by atoms with Gasteiger partial charge in [-0.15, -0.1) is 0 Å². The van der Waals surface area contributed by atoms with E-state index in [0.29, 0.717) is 11.5 Å². The van der Waals surface area contributed by atoms with Crippen molar-refractivity contribution >= 4 is 23.2 Å². The molecule has 136 valence electrons. The van der Waals surface area contributed by atoms with Crippen LogP contribution in [0.25, 0.3) is 0 Å². The molecular weight excluding hydrogens is 364 g/mol. The smallest absolute Gasteiger partial charge is 0.271 e. The molecule has 0 radical (unpaired) electrons. The van der Waals surface area contributed by atoms with E-state index in [1.807, 2.05) is 13.0 Å². The van der Waals surface area contributed by atoms with E-state index < -0.39 is 4.92 Å². The van der Waals surface area contributed by atoms with Gasteiger partial charge in [0.05, 0.1) is 16.0 Å². The first-order valence-electron chi connectivity index (χ1n) is 7.69. The van der Waals surface area contributed by atoms with Crippen LogP contribution in [0, 0.1) is 10.1 Å². The second-order valence-electron chi connectivity index (χ2n) is 5.56. The topological polar surface area (TPSA) is 99.9 Å². The van der Waals surface area contributed by atoms with Crippen molar-refractivity contribution in [1.29, 1.82) is 0 Å². The van der Waals surface area contributed by atoms with E-state index in [-0.39, 0.29) is 41.8 Å². The molecule has 1 amide bonds. The normalized spacial score (nSPS) is 13.2. The standard InChI is InChI=1S/C17H15ClN2O6/c1-10(11-2-4-15-16(6-11)26-9-25-15)19-17(21)8-24-14-5-3-12(20(22)23)7-13(14)18/h2-7,10H,8-9H2,1H3,(H,19,21). The molecule has 0 aromatic heterocycles. The minimum atomic E-state index is -0.560. The number of rotatable bonds is 6. The highest BCUT2D eigenvalue weighted by molar-refractivity contribution is 6.32. The van der Waals surface area contributed by atoms with Gasteiger partial charge in [0.25, 0.3) is 11.6 Å². The molecule has 1 unspecified atom stereocenters. The number of hydrogen-bond donors (Lipinski definition) is 1. The lowest BCUT2D eigenvalue weighted by atomic mass is 10.1. The van der Waals surface area contributed by atoms with Gasteiger partial charge in [0.15, 0.2) is 18.1 Å². The van der Waals surface area contributed by atoms with E-state index in [4.69, 9.17) is 25.8 Å². The number of nitrogens with one attached hydrogen (secondary N) is 1. The van der Waals surface area contributed by atoms with Crippen LogP contribution in [0.15, 0.2) is 36.4 Å². The molecule has 0 aliphatic carbocycles. The second-order valence-corrected chi connectivity index (χ2v) is 5.97. The zero-order valence-electron chi connectivity index (χ0n) is 13.7. The van der Waals surface area contributed by atoms with Crippen molar-refractivity contribution in [1.82, 2.24) is 5.32 Å². The molecule has 8 nitrogen and oxygen atoms in total. The number of amides is 1. The Kier molecular flexibility index (Phi) is 5.13. The van der Waals surface area contributed by atoms with Crippen LogP contribution in [0.2, 0.25) is 5.02 Å². The Morgan fingerprint density at radius 3 is 2.81 bits per heavy atom. The Morgan fingerprint density at radius 1 is 1.31 bits per heavy atom. The molecule has 0 saturated heterocycles. The van der Waals surface area contributed by atoms with Gasteiger partial charge in [-0.3, -0.25) is 14.9 Å². The number of nitro groups is 1. The zero-order valence-corrected chi connectivity index (χ0v) is 14.5. The van der Waals surface area contributed by atoms with Gasteiger partial charge in [-0.05, 0) is 30.7 Å². The number of nitrogens with zero attached hydrogens (tertiary/aromatic N) is 1. The van der Waals surface area contributed by atoms with E-state index in [0.717, 1.165) is 5.56 Å². The maximum absolute atomic E-state index is 12.1. The fourth-order valence-electron chi connectivity index (χ4n) is 2.41. The Balaban J connectivity index is 1.56. The number of benzene rings is 2. The number of ether oxygens (including phenoxy) is 3. The van der Waals surface area contributed by atoms with Crippen LogP contribution in [0.4, 0.5) is 5.69 Å². The number of hydrogen-bond acceptors (Lipinski definition) is 6. The number of carbonyl (C=O) groups is 1. The van der Waals surface area contributed by atoms with Gasteiger partial charge in [0.2, 0.25) is 6.79 Å². The number of fused-ring (bicyclic) bond motifs is 1. The third-order valence-corrected chi connectivity index (χ3v) is 4.05. The lowest BCUT2D eigenvalue weighted by Crippen LogP contribution is -2.31. The number of carbonyl (C=O) groups excluding carboxylic acids is 1. The summed E-state index contributed by atoms with van der Waals surface area (Å²) in [6.07, 6.45) is 0. The Hall–Kier alpha value is -3.00. The van der Waals surface area contributed by atoms with Crippen LogP contribution < -0.4 is 19.5 Å². The van der Waals surface area contributed by atoms with Crippen molar-refractivity contribution < 1.29 is 23.9 Å². The van der Waals surface area contributed by atoms with E-state index in [2.05, 4.69) is 5.32 Å².